The first-order valence-corrected chi connectivity index (χ1v) is 4.66. The van der Waals surface area contributed by atoms with Gasteiger partial charge in [-0.1, -0.05) is 17.5 Å². The van der Waals surface area contributed by atoms with Crippen molar-refractivity contribution in [1.82, 2.24) is 5.32 Å². The van der Waals surface area contributed by atoms with Gasteiger partial charge in [0.05, 0.1) is 0 Å². The Morgan fingerprint density at radius 1 is 1.50 bits per heavy atom. The highest BCUT2D eigenvalue weighted by Crippen LogP contribution is 2.15. The Morgan fingerprint density at radius 2 is 2.14 bits per heavy atom. The number of hydrogen-bond acceptors (Lipinski definition) is 2. The Hall–Kier alpha value is -1.17. The van der Waals surface area contributed by atoms with Crippen LogP contribution in [-0.2, 0) is 0 Å². The third kappa shape index (κ3) is 3.29. The Balaban J connectivity index is 2.46. The number of hydrogen-bond donors (Lipinski definition) is 1. The summed E-state index contributed by atoms with van der Waals surface area (Å²) in [5.74, 6) is 3.34. The van der Waals surface area contributed by atoms with E-state index in [0.717, 1.165) is 5.75 Å². The standard InChI is InChI=1S/C11H12ClNO/c1-3-10(13-2)8-14-11-6-4-9(12)5-7-11/h1,4-7,10,13H,8H2,2H3. The second-order valence-corrected chi connectivity index (χ2v) is 3.21. The van der Waals surface area contributed by atoms with Crippen LogP contribution in [0.15, 0.2) is 24.3 Å². The van der Waals surface area contributed by atoms with E-state index in [1.807, 2.05) is 12.1 Å². The van der Waals surface area contributed by atoms with E-state index >= 15 is 0 Å². The summed E-state index contributed by atoms with van der Waals surface area (Å²) in [6, 6.07) is 7.12. The lowest BCUT2D eigenvalue weighted by molar-refractivity contribution is 0.296. The normalized spacial score (nSPS) is 11.8. The number of rotatable bonds is 4. The summed E-state index contributed by atoms with van der Waals surface area (Å²) in [5, 5.41) is 3.64. The predicted molar refractivity (Wildman–Crippen MR) is 58.6 cm³/mol. The summed E-state index contributed by atoms with van der Waals surface area (Å²) in [6.45, 7) is 0.453. The largest absolute Gasteiger partial charge is 0.491 e. The molecular formula is C11H12ClNO. The molecule has 0 saturated heterocycles. The minimum Gasteiger partial charge on any atom is -0.491 e. The lowest BCUT2D eigenvalue weighted by Crippen LogP contribution is -2.29. The molecule has 0 aliphatic carbocycles. The molecule has 1 aromatic carbocycles. The molecule has 2 nitrogen and oxygen atoms in total. The van der Waals surface area contributed by atoms with E-state index in [9.17, 15) is 0 Å². The molecule has 0 saturated carbocycles. The van der Waals surface area contributed by atoms with Crippen LogP contribution in [0, 0.1) is 12.3 Å². The van der Waals surface area contributed by atoms with Crippen molar-refractivity contribution in [2.24, 2.45) is 0 Å². The highest BCUT2D eigenvalue weighted by Gasteiger charge is 2.01. The van der Waals surface area contributed by atoms with E-state index in [1.54, 1.807) is 19.2 Å². The molecule has 0 bridgehead atoms. The van der Waals surface area contributed by atoms with Crippen molar-refractivity contribution in [2.45, 2.75) is 6.04 Å². The number of benzene rings is 1. The van der Waals surface area contributed by atoms with Gasteiger partial charge in [-0.05, 0) is 31.3 Å². The third-order valence-electron chi connectivity index (χ3n) is 1.78. The van der Waals surface area contributed by atoms with Crippen LogP contribution in [0.4, 0.5) is 0 Å². The number of ether oxygens (including phenoxy) is 1. The molecule has 14 heavy (non-hydrogen) atoms. The molecule has 1 aromatic rings. The second kappa shape index (κ2) is 5.54. The maximum absolute atomic E-state index is 5.73. The highest BCUT2D eigenvalue weighted by atomic mass is 35.5. The Bertz CT molecular complexity index is 315. The van der Waals surface area contributed by atoms with Crippen LogP contribution in [0.2, 0.25) is 5.02 Å². The van der Waals surface area contributed by atoms with E-state index in [0.29, 0.717) is 11.6 Å². The number of nitrogens with one attached hydrogen (secondary N) is 1. The van der Waals surface area contributed by atoms with Gasteiger partial charge in [-0.25, -0.2) is 0 Å². The smallest absolute Gasteiger partial charge is 0.119 e. The van der Waals surface area contributed by atoms with Gasteiger partial charge < -0.3 is 10.1 Å². The van der Waals surface area contributed by atoms with Gasteiger partial charge in [0.2, 0.25) is 0 Å². The number of terminal acetylenes is 1. The summed E-state index contributed by atoms with van der Waals surface area (Å²) in [5.41, 5.74) is 0. The first kappa shape index (κ1) is 10.9. The van der Waals surface area contributed by atoms with Crippen LogP contribution in [0.25, 0.3) is 0 Å². The molecule has 1 rings (SSSR count). The summed E-state index contributed by atoms with van der Waals surface area (Å²) in [6.07, 6.45) is 5.26. The van der Waals surface area contributed by atoms with Crippen molar-refractivity contribution in [3.05, 3.63) is 29.3 Å². The average Bonchev–Trinajstić information content (AvgIpc) is 2.22. The zero-order valence-corrected chi connectivity index (χ0v) is 8.71. The van der Waals surface area contributed by atoms with E-state index in [4.69, 9.17) is 22.8 Å². The molecule has 3 heteroatoms. The molecule has 0 aromatic heterocycles. The van der Waals surface area contributed by atoms with Crippen molar-refractivity contribution >= 4 is 11.6 Å². The molecule has 1 N–H and O–H groups in total. The molecular weight excluding hydrogens is 198 g/mol. The van der Waals surface area contributed by atoms with Gasteiger partial charge in [-0.15, -0.1) is 6.42 Å². The molecule has 0 amide bonds. The first-order valence-electron chi connectivity index (χ1n) is 4.28. The van der Waals surface area contributed by atoms with Gasteiger partial charge in [0.1, 0.15) is 18.4 Å². The van der Waals surface area contributed by atoms with E-state index in [2.05, 4.69) is 11.2 Å². The van der Waals surface area contributed by atoms with Gasteiger partial charge in [-0.2, -0.15) is 0 Å². The third-order valence-corrected chi connectivity index (χ3v) is 2.03. The lowest BCUT2D eigenvalue weighted by Gasteiger charge is -2.11. The zero-order valence-electron chi connectivity index (χ0n) is 7.96. The fourth-order valence-electron chi connectivity index (χ4n) is 0.925. The molecule has 0 aliphatic rings. The first-order chi connectivity index (χ1) is 6.76. The molecule has 1 unspecified atom stereocenters. The van der Waals surface area contributed by atoms with Gasteiger partial charge in [0, 0.05) is 5.02 Å². The second-order valence-electron chi connectivity index (χ2n) is 2.77. The van der Waals surface area contributed by atoms with Gasteiger partial charge >= 0.3 is 0 Å². The van der Waals surface area contributed by atoms with Crippen LogP contribution in [-0.4, -0.2) is 19.7 Å². The molecule has 1 atom stereocenters. The maximum atomic E-state index is 5.73. The van der Waals surface area contributed by atoms with Gasteiger partial charge in [-0.3, -0.25) is 0 Å². The quantitative estimate of drug-likeness (QED) is 0.766. The Labute approximate surface area is 89.2 Å². The maximum Gasteiger partial charge on any atom is 0.119 e. The van der Waals surface area contributed by atoms with E-state index < -0.39 is 0 Å². The Kier molecular flexibility index (Phi) is 4.31. The van der Waals surface area contributed by atoms with Crippen molar-refractivity contribution in [1.29, 1.82) is 0 Å². The minimum absolute atomic E-state index is 0.0642. The van der Waals surface area contributed by atoms with Crippen LogP contribution >= 0.6 is 11.6 Å². The van der Waals surface area contributed by atoms with Crippen LogP contribution < -0.4 is 10.1 Å². The van der Waals surface area contributed by atoms with Crippen molar-refractivity contribution in [3.8, 4) is 18.1 Å². The SMILES string of the molecule is C#CC(COc1ccc(Cl)cc1)NC. The van der Waals surface area contributed by atoms with Crippen molar-refractivity contribution in [2.75, 3.05) is 13.7 Å². The minimum atomic E-state index is -0.0642. The highest BCUT2D eigenvalue weighted by molar-refractivity contribution is 6.30. The molecule has 0 spiro atoms. The summed E-state index contributed by atoms with van der Waals surface area (Å²) in [7, 11) is 1.80. The molecule has 0 aliphatic heterocycles. The van der Waals surface area contributed by atoms with Crippen LogP contribution in [0.1, 0.15) is 0 Å². The monoisotopic (exact) mass is 209 g/mol. The fourth-order valence-corrected chi connectivity index (χ4v) is 1.05. The summed E-state index contributed by atoms with van der Waals surface area (Å²) >= 11 is 5.73. The van der Waals surface area contributed by atoms with Gasteiger partial charge in [0.25, 0.3) is 0 Å². The summed E-state index contributed by atoms with van der Waals surface area (Å²) in [4.78, 5) is 0. The summed E-state index contributed by atoms with van der Waals surface area (Å²) < 4.78 is 5.44. The van der Waals surface area contributed by atoms with Crippen molar-refractivity contribution < 1.29 is 4.74 Å². The van der Waals surface area contributed by atoms with E-state index in [-0.39, 0.29) is 6.04 Å². The van der Waals surface area contributed by atoms with Crippen LogP contribution in [0.3, 0.4) is 0 Å². The van der Waals surface area contributed by atoms with Crippen LogP contribution in [0.5, 0.6) is 5.75 Å². The zero-order chi connectivity index (χ0) is 10.4. The van der Waals surface area contributed by atoms with Crippen molar-refractivity contribution in [3.63, 3.8) is 0 Å². The molecule has 0 radical (unpaired) electrons. The number of halogens is 1. The molecule has 0 fully saturated rings. The Morgan fingerprint density at radius 3 is 2.64 bits per heavy atom. The van der Waals surface area contributed by atoms with Gasteiger partial charge in [0.15, 0.2) is 0 Å². The topological polar surface area (TPSA) is 21.3 Å². The molecule has 0 heterocycles. The molecule has 74 valence electrons. The van der Waals surface area contributed by atoms with E-state index in [1.165, 1.54) is 0 Å². The predicted octanol–water partition coefficient (Wildman–Crippen LogP) is 1.94. The number of likely N-dealkylation sites (N-methyl/N-ethyl adjacent to an activating group) is 1. The average molecular weight is 210 g/mol. The fraction of sp³-hybridized carbons (Fsp3) is 0.273. The lowest BCUT2D eigenvalue weighted by atomic mass is 10.3.